The van der Waals surface area contributed by atoms with Crippen LogP contribution in [0, 0.1) is 0 Å². The number of carbonyl (C=O) groups excluding carboxylic acids is 1. The lowest BCUT2D eigenvalue weighted by Gasteiger charge is -2.19. The molecule has 3 aromatic rings. The van der Waals surface area contributed by atoms with E-state index in [1.165, 1.54) is 6.08 Å². The summed E-state index contributed by atoms with van der Waals surface area (Å²) in [4.78, 5) is 18.0. The summed E-state index contributed by atoms with van der Waals surface area (Å²) in [5.41, 5.74) is 2.79. The van der Waals surface area contributed by atoms with Gasteiger partial charge in [0.15, 0.2) is 0 Å². The Hall–Kier alpha value is -3.10. The topological polar surface area (TPSA) is 73.1 Å². The standard InChI is InChI=1S/C22H21ClFN5O2/c1-2-22(30)28-12-20(29-11-19(26-27-29)17-4-3-5-25-10-17)21(13-28)31-14-16-6-15(9-24)7-18(23)8-16/h2-8,10-11,20-21H,1,9,12-14H2/t20-,21-/m1/s1. The Labute approximate surface area is 184 Å². The molecule has 4 rings (SSSR count). The number of halogens is 2. The van der Waals surface area contributed by atoms with Crippen molar-refractivity contribution in [2.75, 3.05) is 13.1 Å². The van der Waals surface area contributed by atoms with Crippen molar-refractivity contribution in [1.29, 1.82) is 0 Å². The van der Waals surface area contributed by atoms with Crippen molar-refractivity contribution in [2.24, 2.45) is 0 Å². The maximum absolute atomic E-state index is 13.1. The number of amides is 1. The van der Waals surface area contributed by atoms with Gasteiger partial charge in [0.1, 0.15) is 12.4 Å². The molecule has 1 aliphatic heterocycles. The van der Waals surface area contributed by atoms with E-state index in [9.17, 15) is 9.18 Å². The number of benzene rings is 1. The van der Waals surface area contributed by atoms with Gasteiger partial charge in [-0.25, -0.2) is 9.07 Å². The van der Waals surface area contributed by atoms with E-state index in [1.54, 1.807) is 40.2 Å². The van der Waals surface area contributed by atoms with Gasteiger partial charge in [-0.2, -0.15) is 0 Å². The molecular weight excluding hydrogens is 421 g/mol. The highest BCUT2D eigenvalue weighted by Crippen LogP contribution is 2.27. The van der Waals surface area contributed by atoms with Crippen molar-refractivity contribution in [2.45, 2.75) is 25.4 Å². The Morgan fingerprint density at radius 3 is 2.90 bits per heavy atom. The van der Waals surface area contributed by atoms with Crippen molar-refractivity contribution in [1.82, 2.24) is 24.9 Å². The molecule has 1 saturated heterocycles. The number of rotatable bonds is 7. The van der Waals surface area contributed by atoms with Gasteiger partial charge in [-0.05, 0) is 41.5 Å². The van der Waals surface area contributed by atoms with Crippen LogP contribution in [-0.4, -0.2) is 50.0 Å². The van der Waals surface area contributed by atoms with Crippen LogP contribution in [0.25, 0.3) is 11.3 Å². The number of alkyl halides is 1. The predicted molar refractivity (Wildman–Crippen MR) is 114 cm³/mol. The van der Waals surface area contributed by atoms with Crippen molar-refractivity contribution < 1.29 is 13.9 Å². The molecule has 1 amide bonds. The molecule has 0 bridgehead atoms. The van der Waals surface area contributed by atoms with E-state index >= 15 is 0 Å². The third-order valence-corrected chi connectivity index (χ3v) is 5.38. The predicted octanol–water partition coefficient (Wildman–Crippen LogP) is 3.62. The second-order valence-electron chi connectivity index (χ2n) is 7.29. The summed E-state index contributed by atoms with van der Waals surface area (Å²) in [7, 11) is 0. The van der Waals surface area contributed by atoms with Gasteiger partial charge in [-0.15, -0.1) is 5.10 Å². The Bertz CT molecular complexity index is 1070. The highest BCUT2D eigenvalue weighted by molar-refractivity contribution is 6.30. The van der Waals surface area contributed by atoms with Crippen molar-refractivity contribution in [3.8, 4) is 11.3 Å². The molecule has 1 aromatic carbocycles. The summed E-state index contributed by atoms with van der Waals surface area (Å²) in [6.45, 7) is 4.00. The lowest BCUT2D eigenvalue weighted by Crippen LogP contribution is -2.28. The van der Waals surface area contributed by atoms with E-state index in [-0.39, 0.29) is 24.7 Å². The second kappa shape index (κ2) is 9.36. The molecule has 2 aromatic heterocycles. The van der Waals surface area contributed by atoms with Crippen LogP contribution in [-0.2, 0) is 22.8 Å². The molecule has 9 heteroatoms. The maximum Gasteiger partial charge on any atom is 0.246 e. The number of nitrogens with zero attached hydrogens (tertiary/aromatic N) is 5. The Kier molecular flexibility index (Phi) is 6.39. The molecule has 3 heterocycles. The molecule has 0 radical (unpaired) electrons. The molecule has 0 spiro atoms. The van der Waals surface area contributed by atoms with Crippen LogP contribution in [0.1, 0.15) is 17.2 Å². The minimum absolute atomic E-state index is 0.175. The Morgan fingerprint density at radius 1 is 1.32 bits per heavy atom. The minimum Gasteiger partial charge on any atom is -0.369 e. The number of pyridine rings is 1. The first kappa shape index (κ1) is 21.1. The van der Waals surface area contributed by atoms with Gasteiger partial charge in [0.25, 0.3) is 0 Å². The van der Waals surface area contributed by atoms with E-state index < -0.39 is 6.67 Å². The van der Waals surface area contributed by atoms with Crippen molar-refractivity contribution >= 4 is 17.5 Å². The summed E-state index contributed by atoms with van der Waals surface area (Å²) in [6.07, 6.45) is 6.18. The van der Waals surface area contributed by atoms with Crippen LogP contribution in [0.2, 0.25) is 5.02 Å². The van der Waals surface area contributed by atoms with Gasteiger partial charge in [0.05, 0.1) is 24.9 Å². The quantitative estimate of drug-likeness (QED) is 0.523. The molecule has 2 atom stereocenters. The summed E-state index contributed by atoms with van der Waals surface area (Å²) < 4.78 is 20.9. The fourth-order valence-electron chi connectivity index (χ4n) is 3.65. The zero-order valence-electron chi connectivity index (χ0n) is 16.7. The molecule has 31 heavy (non-hydrogen) atoms. The molecule has 160 valence electrons. The van der Waals surface area contributed by atoms with Crippen LogP contribution in [0.15, 0.2) is 61.6 Å². The molecule has 0 N–H and O–H groups in total. The van der Waals surface area contributed by atoms with Gasteiger partial charge in [-0.1, -0.05) is 29.5 Å². The van der Waals surface area contributed by atoms with Crippen molar-refractivity contribution in [3.05, 3.63) is 77.7 Å². The second-order valence-corrected chi connectivity index (χ2v) is 7.73. The number of hydrogen-bond donors (Lipinski definition) is 0. The molecule has 1 fully saturated rings. The number of hydrogen-bond acceptors (Lipinski definition) is 5. The molecule has 0 saturated carbocycles. The zero-order valence-corrected chi connectivity index (χ0v) is 17.5. The number of likely N-dealkylation sites (tertiary alicyclic amines) is 1. The Balaban J connectivity index is 1.54. The smallest absolute Gasteiger partial charge is 0.246 e. The normalized spacial score (nSPS) is 18.3. The number of aromatic nitrogens is 4. The van der Waals surface area contributed by atoms with Crippen LogP contribution in [0.3, 0.4) is 0 Å². The lowest BCUT2D eigenvalue weighted by atomic mass is 10.1. The molecule has 7 nitrogen and oxygen atoms in total. The van der Waals surface area contributed by atoms with E-state index in [2.05, 4.69) is 21.9 Å². The summed E-state index contributed by atoms with van der Waals surface area (Å²) in [5, 5.41) is 8.96. The molecule has 1 aliphatic rings. The first-order chi connectivity index (χ1) is 15.1. The SMILES string of the molecule is C=CC(=O)N1C[C@@H](n2cc(-c3cccnc3)nn2)[C@H](OCc2cc(Cl)cc(CF)c2)C1. The molecule has 0 unspecified atom stereocenters. The van der Waals surface area contributed by atoms with Gasteiger partial charge < -0.3 is 9.64 Å². The van der Waals surface area contributed by atoms with Gasteiger partial charge in [-0.3, -0.25) is 9.78 Å². The highest BCUT2D eigenvalue weighted by atomic mass is 35.5. The molecular formula is C22H21ClFN5O2. The monoisotopic (exact) mass is 441 g/mol. The first-order valence-electron chi connectivity index (χ1n) is 9.77. The fraction of sp³-hybridized carbons (Fsp3) is 0.273. The fourth-order valence-corrected chi connectivity index (χ4v) is 3.93. The van der Waals surface area contributed by atoms with E-state index in [0.717, 1.165) is 11.1 Å². The van der Waals surface area contributed by atoms with E-state index in [0.29, 0.717) is 29.4 Å². The van der Waals surface area contributed by atoms with Crippen molar-refractivity contribution in [3.63, 3.8) is 0 Å². The van der Waals surface area contributed by atoms with Crippen LogP contribution < -0.4 is 0 Å². The van der Waals surface area contributed by atoms with E-state index in [4.69, 9.17) is 16.3 Å². The summed E-state index contributed by atoms with van der Waals surface area (Å²) in [5.74, 6) is -0.175. The largest absolute Gasteiger partial charge is 0.369 e. The zero-order chi connectivity index (χ0) is 21.8. The summed E-state index contributed by atoms with van der Waals surface area (Å²) >= 11 is 6.08. The third kappa shape index (κ3) is 4.81. The number of carbonyl (C=O) groups is 1. The third-order valence-electron chi connectivity index (χ3n) is 5.17. The number of ether oxygens (including phenoxy) is 1. The highest BCUT2D eigenvalue weighted by Gasteiger charge is 2.37. The average molecular weight is 442 g/mol. The van der Waals surface area contributed by atoms with Crippen LogP contribution >= 0.6 is 11.6 Å². The maximum atomic E-state index is 13.1. The molecule has 0 aliphatic carbocycles. The van der Waals surface area contributed by atoms with Gasteiger partial charge >= 0.3 is 0 Å². The minimum atomic E-state index is -0.600. The summed E-state index contributed by atoms with van der Waals surface area (Å²) in [6, 6.07) is 8.55. The van der Waals surface area contributed by atoms with Gasteiger partial charge in [0.2, 0.25) is 5.91 Å². The van der Waals surface area contributed by atoms with Gasteiger partial charge in [0, 0.05) is 36.1 Å². The Morgan fingerprint density at radius 2 is 2.16 bits per heavy atom. The van der Waals surface area contributed by atoms with Crippen LogP contribution in [0.5, 0.6) is 0 Å². The first-order valence-corrected chi connectivity index (χ1v) is 10.1. The van der Waals surface area contributed by atoms with Crippen LogP contribution in [0.4, 0.5) is 4.39 Å². The van der Waals surface area contributed by atoms with E-state index in [1.807, 2.05) is 18.3 Å². The lowest BCUT2D eigenvalue weighted by molar-refractivity contribution is -0.125. The average Bonchev–Trinajstić information content (AvgIpc) is 3.44.